The molecule has 0 atom stereocenters. The molecule has 3 aromatic rings. The maximum Gasteiger partial charge on any atom is 0.261 e. The molecule has 0 aromatic carbocycles. The molecule has 3 heterocycles. The number of carbonyl (C=O) groups is 1. The normalized spacial score (nSPS) is 10.6. The smallest absolute Gasteiger partial charge is 0.261 e. The van der Waals surface area contributed by atoms with Crippen molar-refractivity contribution in [3.63, 3.8) is 0 Å². The summed E-state index contributed by atoms with van der Waals surface area (Å²) in [7, 11) is 1.87. The number of aryl methyl sites for hydroxylation is 1. The number of hydrogen-bond donors (Lipinski definition) is 1. The summed E-state index contributed by atoms with van der Waals surface area (Å²) >= 11 is 7.09. The van der Waals surface area contributed by atoms with E-state index < -0.39 is 0 Å². The maximum absolute atomic E-state index is 12.0. The topological polar surface area (TPSA) is 59.8 Å². The molecular weight excluding hydrogens is 320 g/mol. The van der Waals surface area contributed by atoms with E-state index in [1.807, 2.05) is 19.3 Å². The van der Waals surface area contributed by atoms with Crippen LogP contribution in [0.25, 0.3) is 11.1 Å². The molecule has 3 aromatic heterocycles. The molecule has 0 aliphatic heterocycles. The molecule has 0 saturated heterocycles. The highest BCUT2D eigenvalue weighted by molar-refractivity contribution is 7.17. The molecule has 0 radical (unpaired) electrons. The largest absolute Gasteiger partial charge is 0.347 e. The number of aromatic nitrogens is 3. The summed E-state index contributed by atoms with van der Waals surface area (Å²) in [5, 5.41) is 7.01. The molecule has 112 valence electrons. The van der Waals surface area contributed by atoms with Crippen LogP contribution >= 0.6 is 22.9 Å². The van der Waals surface area contributed by atoms with Crippen LogP contribution in [0.2, 0.25) is 4.34 Å². The van der Waals surface area contributed by atoms with Crippen LogP contribution < -0.4 is 5.32 Å². The first-order valence-electron chi connectivity index (χ1n) is 6.58. The van der Waals surface area contributed by atoms with E-state index in [0.29, 0.717) is 15.8 Å². The van der Waals surface area contributed by atoms with Gasteiger partial charge in [0.25, 0.3) is 5.91 Å². The number of amides is 1. The van der Waals surface area contributed by atoms with E-state index in [4.69, 9.17) is 11.6 Å². The van der Waals surface area contributed by atoms with Gasteiger partial charge in [0.15, 0.2) is 0 Å². The van der Waals surface area contributed by atoms with Crippen LogP contribution in [0, 0.1) is 0 Å². The number of rotatable bonds is 4. The van der Waals surface area contributed by atoms with Gasteiger partial charge in [-0.25, -0.2) is 0 Å². The van der Waals surface area contributed by atoms with E-state index in [1.165, 1.54) is 11.3 Å². The third kappa shape index (κ3) is 3.35. The van der Waals surface area contributed by atoms with Crippen LogP contribution in [-0.4, -0.2) is 20.7 Å². The standard InChI is InChI=1S/C15H13ClN4OS/c1-20-9-12(8-19-20)11-4-10(5-17-7-11)6-18-15(21)13-2-3-14(16)22-13/h2-5,7-9H,6H2,1H3,(H,18,21). The minimum Gasteiger partial charge on any atom is -0.347 e. The van der Waals surface area contributed by atoms with Gasteiger partial charge < -0.3 is 5.32 Å². The Bertz CT molecular complexity index is 811. The van der Waals surface area contributed by atoms with Crippen molar-refractivity contribution in [2.24, 2.45) is 7.05 Å². The summed E-state index contributed by atoms with van der Waals surface area (Å²) in [4.78, 5) is 16.8. The summed E-state index contributed by atoms with van der Waals surface area (Å²) in [5.41, 5.74) is 2.89. The predicted molar refractivity (Wildman–Crippen MR) is 86.9 cm³/mol. The first kappa shape index (κ1) is 14.7. The van der Waals surface area contributed by atoms with E-state index in [9.17, 15) is 4.79 Å². The molecule has 0 bridgehead atoms. The highest BCUT2D eigenvalue weighted by atomic mass is 35.5. The fraction of sp³-hybridized carbons (Fsp3) is 0.133. The number of carbonyl (C=O) groups excluding carboxylic acids is 1. The summed E-state index contributed by atoms with van der Waals surface area (Å²) < 4.78 is 2.34. The lowest BCUT2D eigenvalue weighted by molar-refractivity contribution is 0.0955. The van der Waals surface area contributed by atoms with Crippen molar-refractivity contribution in [3.05, 3.63) is 57.8 Å². The van der Waals surface area contributed by atoms with Gasteiger partial charge in [0.1, 0.15) is 0 Å². The fourth-order valence-electron chi connectivity index (χ4n) is 2.02. The number of hydrogen-bond acceptors (Lipinski definition) is 4. The molecule has 5 nitrogen and oxygen atoms in total. The van der Waals surface area contributed by atoms with E-state index in [2.05, 4.69) is 15.4 Å². The Balaban J connectivity index is 1.69. The van der Waals surface area contributed by atoms with Gasteiger partial charge in [-0.3, -0.25) is 14.5 Å². The maximum atomic E-state index is 12.0. The first-order valence-corrected chi connectivity index (χ1v) is 7.78. The average molecular weight is 333 g/mol. The second-order valence-corrected chi connectivity index (χ2v) is 6.49. The fourth-order valence-corrected chi connectivity index (χ4v) is 2.98. The molecule has 1 N–H and O–H groups in total. The molecule has 0 unspecified atom stereocenters. The van der Waals surface area contributed by atoms with E-state index in [0.717, 1.165) is 16.7 Å². The Labute approximate surface area is 136 Å². The molecule has 0 spiro atoms. The Kier molecular flexibility index (Phi) is 4.22. The number of nitrogens with one attached hydrogen (secondary N) is 1. The van der Waals surface area contributed by atoms with Crippen molar-refractivity contribution in [1.29, 1.82) is 0 Å². The van der Waals surface area contributed by atoms with Crippen molar-refractivity contribution in [3.8, 4) is 11.1 Å². The van der Waals surface area contributed by atoms with Crippen LogP contribution in [0.3, 0.4) is 0 Å². The van der Waals surface area contributed by atoms with Crippen molar-refractivity contribution in [2.75, 3.05) is 0 Å². The SMILES string of the molecule is Cn1cc(-c2cncc(CNC(=O)c3ccc(Cl)s3)c2)cn1. The molecule has 0 aliphatic rings. The lowest BCUT2D eigenvalue weighted by Crippen LogP contribution is -2.21. The van der Waals surface area contributed by atoms with Gasteiger partial charge in [0.05, 0.1) is 15.4 Å². The zero-order chi connectivity index (χ0) is 15.5. The summed E-state index contributed by atoms with van der Waals surface area (Å²) in [5.74, 6) is -0.135. The average Bonchev–Trinajstić information content (AvgIpc) is 3.14. The van der Waals surface area contributed by atoms with Gasteiger partial charge in [0, 0.05) is 43.3 Å². The van der Waals surface area contributed by atoms with Crippen LogP contribution in [0.1, 0.15) is 15.2 Å². The zero-order valence-corrected chi connectivity index (χ0v) is 13.4. The molecule has 22 heavy (non-hydrogen) atoms. The highest BCUT2D eigenvalue weighted by Crippen LogP contribution is 2.21. The van der Waals surface area contributed by atoms with Gasteiger partial charge in [-0.15, -0.1) is 11.3 Å². The molecule has 3 rings (SSSR count). The van der Waals surface area contributed by atoms with Crippen LogP contribution in [0.15, 0.2) is 43.0 Å². The summed E-state index contributed by atoms with van der Waals surface area (Å²) in [6.45, 7) is 0.412. The van der Waals surface area contributed by atoms with Crippen molar-refractivity contribution in [1.82, 2.24) is 20.1 Å². The quantitative estimate of drug-likeness (QED) is 0.798. The van der Waals surface area contributed by atoms with Gasteiger partial charge in [-0.1, -0.05) is 11.6 Å². The van der Waals surface area contributed by atoms with Gasteiger partial charge >= 0.3 is 0 Å². The van der Waals surface area contributed by atoms with E-state index >= 15 is 0 Å². The highest BCUT2D eigenvalue weighted by Gasteiger charge is 2.09. The monoisotopic (exact) mass is 332 g/mol. The second-order valence-electron chi connectivity index (χ2n) is 4.77. The van der Waals surface area contributed by atoms with Crippen molar-refractivity contribution >= 4 is 28.8 Å². The van der Waals surface area contributed by atoms with E-state index in [1.54, 1.807) is 35.4 Å². The Hall–Kier alpha value is -2.18. The molecule has 1 amide bonds. The molecule has 0 saturated carbocycles. The lowest BCUT2D eigenvalue weighted by Gasteiger charge is -2.05. The molecule has 0 fully saturated rings. The molecule has 0 aliphatic carbocycles. The van der Waals surface area contributed by atoms with Crippen LogP contribution in [-0.2, 0) is 13.6 Å². The third-order valence-corrected chi connectivity index (χ3v) is 4.31. The third-order valence-electron chi connectivity index (χ3n) is 3.08. The first-order chi connectivity index (χ1) is 10.6. The Morgan fingerprint density at radius 1 is 1.32 bits per heavy atom. The second kappa shape index (κ2) is 6.29. The lowest BCUT2D eigenvalue weighted by atomic mass is 10.1. The number of thiophene rings is 1. The molecular formula is C15H13ClN4OS. The number of halogens is 1. The number of pyridine rings is 1. The van der Waals surface area contributed by atoms with E-state index in [-0.39, 0.29) is 5.91 Å². The minimum atomic E-state index is -0.135. The zero-order valence-electron chi connectivity index (χ0n) is 11.8. The Morgan fingerprint density at radius 2 is 2.18 bits per heavy atom. The van der Waals surface area contributed by atoms with Gasteiger partial charge in [0.2, 0.25) is 0 Å². The Morgan fingerprint density at radius 3 is 2.86 bits per heavy atom. The summed E-state index contributed by atoms with van der Waals surface area (Å²) in [6, 6.07) is 5.42. The summed E-state index contributed by atoms with van der Waals surface area (Å²) in [6.07, 6.45) is 7.23. The van der Waals surface area contributed by atoms with Crippen LogP contribution in [0.5, 0.6) is 0 Å². The van der Waals surface area contributed by atoms with Crippen molar-refractivity contribution in [2.45, 2.75) is 6.54 Å². The minimum absolute atomic E-state index is 0.135. The van der Waals surface area contributed by atoms with Crippen LogP contribution in [0.4, 0.5) is 0 Å². The van der Waals surface area contributed by atoms with Crippen molar-refractivity contribution < 1.29 is 4.79 Å². The van der Waals surface area contributed by atoms with Gasteiger partial charge in [-0.2, -0.15) is 5.10 Å². The predicted octanol–water partition coefficient (Wildman–Crippen LogP) is 3.13. The molecule has 7 heteroatoms. The van der Waals surface area contributed by atoms with Gasteiger partial charge in [-0.05, 0) is 23.8 Å². The number of nitrogens with zero attached hydrogens (tertiary/aromatic N) is 3.